The van der Waals surface area contributed by atoms with Gasteiger partial charge < -0.3 is 15.0 Å². The molecule has 0 aromatic rings. The van der Waals surface area contributed by atoms with Crippen LogP contribution >= 0.6 is 0 Å². The molecular weight excluding hydrogens is 200 g/mol. The molecule has 0 saturated carbocycles. The van der Waals surface area contributed by atoms with Crippen LogP contribution in [0, 0.1) is 5.41 Å². The zero-order valence-electron chi connectivity index (χ0n) is 11.0. The molecule has 3 atom stereocenters. The van der Waals surface area contributed by atoms with E-state index in [0.29, 0.717) is 17.6 Å². The summed E-state index contributed by atoms with van der Waals surface area (Å²) in [4.78, 5) is 2.54. The van der Waals surface area contributed by atoms with Gasteiger partial charge in [0.05, 0.1) is 6.10 Å². The van der Waals surface area contributed by atoms with Crippen molar-refractivity contribution in [3.63, 3.8) is 0 Å². The highest BCUT2D eigenvalue weighted by Crippen LogP contribution is 2.32. The summed E-state index contributed by atoms with van der Waals surface area (Å²) in [7, 11) is 2.27. The van der Waals surface area contributed by atoms with Gasteiger partial charge in [-0.3, -0.25) is 0 Å². The van der Waals surface area contributed by atoms with E-state index in [9.17, 15) is 0 Å². The van der Waals surface area contributed by atoms with Gasteiger partial charge in [0.2, 0.25) is 0 Å². The summed E-state index contributed by atoms with van der Waals surface area (Å²) in [5.74, 6) is 0. The quantitative estimate of drug-likeness (QED) is 0.786. The van der Waals surface area contributed by atoms with E-state index >= 15 is 0 Å². The molecule has 2 fully saturated rings. The summed E-state index contributed by atoms with van der Waals surface area (Å²) >= 11 is 0. The van der Waals surface area contributed by atoms with E-state index in [2.05, 4.69) is 31.1 Å². The van der Waals surface area contributed by atoms with Crippen molar-refractivity contribution in [3.8, 4) is 0 Å². The highest BCUT2D eigenvalue weighted by atomic mass is 16.5. The number of nitrogens with one attached hydrogen (secondary N) is 1. The Labute approximate surface area is 99.5 Å². The van der Waals surface area contributed by atoms with Crippen LogP contribution in [0.5, 0.6) is 0 Å². The summed E-state index contributed by atoms with van der Waals surface area (Å²) in [6.07, 6.45) is 4.22. The average molecular weight is 226 g/mol. The van der Waals surface area contributed by atoms with Gasteiger partial charge in [-0.15, -0.1) is 0 Å². The Morgan fingerprint density at radius 3 is 2.81 bits per heavy atom. The average Bonchev–Trinajstić information content (AvgIpc) is 2.87. The van der Waals surface area contributed by atoms with Gasteiger partial charge in [-0.1, -0.05) is 6.92 Å². The first-order chi connectivity index (χ1) is 7.67. The first-order valence-corrected chi connectivity index (χ1v) is 6.69. The molecule has 0 spiro atoms. The van der Waals surface area contributed by atoms with Crippen molar-refractivity contribution in [2.24, 2.45) is 5.41 Å². The molecule has 2 saturated heterocycles. The van der Waals surface area contributed by atoms with E-state index in [1.165, 1.54) is 38.9 Å². The topological polar surface area (TPSA) is 24.5 Å². The van der Waals surface area contributed by atoms with Gasteiger partial charge in [0, 0.05) is 25.7 Å². The second kappa shape index (κ2) is 5.03. The summed E-state index contributed by atoms with van der Waals surface area (Å²) in [5, 5.41) is 3.51. The summed E-state index contributed by atoms with van der Waals surface area (Å²) < 4.78 is 5.66. The second-order valence-corrected chi connectivity index (χ2v) is 5.63. The molecule has 3 nitrogen and oxygen atoms in total. The highest BCUT2D eigenvalue weighted by Gasteiger charge is 2.36. The van der Waals surface area contributed by atoms with Crippen molar-refractivity contribution in [1.29, 1.82) is 0 Å². The number of nitrogens with zero attached hydrogens (tertiary/aromatic N) is 1. The Morgan fingerprint density at radius 1 is 1.50 bits per heavy atom. The third kappa shape index (κ3) is 2.41. The molecule has 3 unspecified atom stereocenters. The zero-order valence-corrected chi connectivity index (χ0v) is 11.0. The van der Waals surface area contributed by atoms with Gasteiger partial charge in [0.25, 0.3) is 0 Å². The molecule has 0 amide bonds. The van der Waals surface area contributed by atoms with E-state index in [-0.39, 0.29) is 0 Å². The van der Waals surface area contributed by atoms with Crippen LogP contribution < -0.4 is 5.32 Å². The minimum Gasteiger partial charge on any atom is -0.377 e. The molecular formula is C13H26N2O. The van der Waals surface area contributed by atoms with E-state index in [4.69, 9.17) is 4.74 Å². The Bertz CT molecular complexity index is 226. The fourth-order valence-electron chi connectivity index (χ4n) is 3.29. The van der Waals surface area contributed by atoms with Gasteiger partial charge in [-0.2, -0.15) is 0 Å². The van der Waals surface area contributed by atoms with Crippen molar-refractivity contribution in [2.75, 3.05) is 33.3 Å². The minimum atomic E-state index is 0.410. The van der Waals surface area contributed by atoms with Crippen molar-refractivity contribution in [3.05, 3.63) is 0 Å². The van der Waals surface area contributed by atoms with Crippen molar-refractivity contribution in [2.45, 2.75) is 45.3 Å². The maximum absolute atomic E-state index is 5.66. The van der Waals surface area contributed by atoms with Crippen LogP contribution in [0.3, 0.4) is 0 Å². The standard InChI is InChI=1S/C13H26N2O/c1-4-13(6-7-14-9-13)10-15(3)12-5-8-16-11(12)2/h11-12,14H,4-10H2,1-3H3. The fourth-order valence-corrected chi connectivity index (χ4v) is 3.29. The number of ether oxygens (including phenoxy) is 1. The molecule has 2 heterocycles. The monoisotopic (exact) mass is 226 g/mol. The molecule has 0 aliphatic carbocycles. The fraction of sp³-hybridized carbons (Fsp3) is 1.00. The van der Waals surface area contributed by atoms with Crippen LogP contribution in [0.4, 0.5) is 0 Å². The van der Waals surface area contributed by atoms with Crippen LogP contribution in [-0.2, 0) is 4.74 Å². The molecule has 1 N–H and O–H groups in total. The maximum Gasteiger partial charge on any atom is 0.0702 e. The van der Waals surface area contributed by atoms with Crippen molar-refractivity contribution in [1.82, 2.24) is 10.2 Å². The van der Waals surface area contributed by atoms with Gasteiger partial charge >= 0.3 is 0 Å². The van der Waals surface area contributed by atoms with Crippen LogP contribution in [0.25, 0.3) is 0 Å². The lowest BCUT2D eigenvalue weighted by molar-refractivity contribution is 0.0656. The van der Waals surface area contributed by atoms with E-state index in [1.807, 2.05) is 0 Å². The molecule has 2 aliphatic heterocycles. The Kier molecular flexibility index (Phi) is 3.88. The molecule has 0 aromatic carbocycles. The number of rotatable bonds is 4. The molecule has 16 heavy (non-hydrogen) atoms. The first-order valence-electron chi connectivity index (χ1n) is 6.69. The zero-order chi connectivity index (χ0) is 11.6. The minimum absolute atomic E-state index is 0.410. The molecule has 0 aromatic heterocycles. The van der Waals surface area contributed by atoms with Crippen molar-refractivity contribution < 1.29 is 4.74 Å². The summed E-state index contributed by atoms with van der Waals surface area (Å²) in [6.45, 7) is 9.08. The van der Waals surface area contributed by atoms with Crippen LogP contribution in [0.2, 0.25) is 0 Å². The molecule has 0 radical (unpaired) electrons. The SMILES string of the molecule is CCC1(CN(C)C2CCOC2C)CCNC1. The van der Waals surface area contributed by atoms with Gasteiger partial charge in [0.15, 0.2) is 0 Å². The van der Waals surface area contributed by atoms with E-state index in [0.717, 1.165) is 6.61 Å². The Morgan fingerprint density at radius 2 is 2.31 bits per heavy atom. The van der Waals surface area contributed by atoms with Gasteiger partial charge in [0.1, 0.15) is 0 Å². The van der Waals surface area contributed by atoms with Crippen LogP contribution in [0.1, 0.15) is 33.1 Å². The van der Waals surface area contributed by atoms with E-state index in [1.54, 1.807) is 0 Å². The second-order valence-electron chi connectivity index (χ2n) is 5.63. The number of hydrogen-bond acceptors (Lipinski definition) is 3. The summed E-state index contributed by atoms with van der Waals surface area (Å²) in [5.41, 5.74) is 0.511. The molecule has 3 heteroatoms. The summed E-state index contributed by atoms with van der Waals surface area (Å²) in [6, 6.07) is 0.629. The van der Waals surface area contributed by atoms with Crippen LogP contribution in [-0.4, -0.2) is 50.3 Å². The molecule has 2 rings (SSSR count). The third-order valence-electron chi connectivity index (χ3n) is 4.57. The first kappa shape index (κ1) is 12.3. The van der Waals surface area contributed by atoms with Gasteiger partial charge in [-0.05, 0) is 45.2 Å². The predicted molar refractivity (Wildman–Crippen MR) is 66.7 cm³/mol. The normalized spacial score (nSPS) is 39.8. The lowest BCUT2D eigenvalue weighted by Crippen LogP contribution is -2.44. The Hall–Kier alpha value is -0.120. The van der Waals surface area contributed by atoms with Crippen molar-refractivity contribution >= 4 is 0 Å². The van der Waals surface area contributed by atoms with E-state index < -0.39 is 0 Å². The number of likely N-dealkylation sites (N-methyl/N-ethyl adjacent to an activating group) is 1. The highest BCUT2D eigenvalue weighted by molar-refractivity contribution is 4.91. The maximum atomic E-state index is 5.66. The number of hydrogen-bond donors (Lipinski definition) is 1. The molecule has 94 valence electrons. The largest absolute Gasteiger partial charge is 0.377 e. The van der Waals surface area contributed by atoms with Crippen LogP contribution in [0.15, 0.2) is 0 Å². The molecule has 0 bridgehead atoms. The smallest absolute Gasteiger partial charge is 0.0702 e. The lowest BCUT2D eigenvalue weighted by atomic mass is 9.83. The molecule has 2 aliphatic rings. The third-order valence-corrected chi connectivity index (χ3v) is 4.57. The Balaban J connectivity index is 1.92. The predicted octanol–water partition coefficient (Wildman–Crippen LogP) is 1.49. The van der Waals surface area contributed by atoms with Gasteiger partial charge in [-0.25, -0.2) is 0 Å². The lowest BCUT2D eigenvalue weighted by Gasteiger charge is -2.36.